The number of methoxy groups -OCH3 is 1. The predicted molar refractivity (Wildman–Crippen MR) is 94.1 cm³/mol. The van der Waals surface area contributed by atoms with E-state index in [1.54, 1.807) is 25.3 Å². The third-order valence-electron chi connectivity index (χ3n) is 3.62. The molecule has 0 aliphatic heterocycles. The number of ether oxygens (including phenoxy) is 1. The highest BCUT2D eigenvalue weighted by molar-refractivity contribution is 5.91. The SMILES string of the molecule is C=CCN(Cc1nc(-c2ccccc2)no1)C(=O)c1ccc(COC)o1. The third kappa shape index (κ3) is 4.07. The molecule has 0 N–H and O–H groups in total. The van der Waals surface area contributed by atoms with E-state index in [9.17, 15) is 4.79 Å². The van der Waals surface area contributed by atoms with Gasteiger partial charge in [-0.3, -0.25) is 4.79 Å². The van der Waals surface area contributed by atoms with Crippen LogP contribution in [0.2, 0.25) is 0 Å². The molecule has 2 heterocycles. The van der Waals surface area contributed by atoms with Gasteiger partial charge in [0.1, 0.15) is 18.9 Å². The lowest BCUT2D eigenvalue weighted by Gasteiger charge is -2.17. The molecule has 0 fully saturated rings. The van der Waals surface area contributed by atoms with Crippen molar-refractivity contribution in [1.29, 1.82) is 0 Å². The largest absolute Gasteiger partial charge is 0.453 e. The lowest BCUT2D eigenvalue weighted by atomic mass is 10.2. The molecule has 0 spiro atoms. The maximum atomic E-state index is 12.7. The Morgan fingerprint density at radius 2 is 2.08 bits per heavy atom. The smallest absolute Gasteiger partial charge is 0.290 e. The van der Waals surface area contributed by atoms with Crippen molar-refractivity contribution in [2.24, 2.45) is 0 Å². The average molecular weight is 353 g/mol. The Morgan fingerprint density at radius 3 is 2.81 bits per heavy atom. The van der Waals surface area contributed by atoms with Crippen molar-refractivity contribution in [2.75, 3.05) is 13.7 Å². The summed E-state index contributed by atoms with van der Waals surface area (Å²) >= 11 is 0. The van der Waals surface area contributed by atoms with Gasteiger partial charge < -0.3 is 18.6 Å². The molecule has 0 atom stereocenters. The Bertz CT molecular complexity index is 870. The molecular weight excluding hydrogens is 334 g/mol. The van der Waals surface area contributed by atoms with Crippen LogP contribution in [0.4, 0.5) is 0 Å². The van der Waals surface area contributed by atoms with Crippen LogP contribution >= 0.6 is 0 Å². The number of aromatic nitrogens is 2. The molecule has 1 amide bonds. The minimum Gasteiger partial charge on any atom is -0.453 e. The van der Waals surface area contributed by atoms with E-state index in [-0.39, 0.29) is 18.2 Å². The van der Waals surface area contributed by atoms with Gasteiger partial charge in [0.2, 0.25) is 11.7 Å². The first kappa shape index (κ1) is 17.6. The van der Waals surface area contributed by atoms with Crippen LogP contribution in [0.3, 0.4) is 0 Å². The Morgan fingerprint density at radius 1 is 1.27 bits per heavy atom. The first-order chi connectivity index (χ1) is 12.7. The molecule has 0 saturated carbocycles. The van der Waals surface area contributed by atoms with Crippen molar-refractivity contribution in [3.05, 3.63) is 72.5 Å². The number of carbonyl (C=O) groups is 1. The second-order valence-corrected chi connectivity index (χ2v) is 5.55. The fourth-order valence-corrected chi connectivity index (χ4v) is 2.43. The maximum Gasteiger partial charge on any atom is 0.290 e. The van der Waals surface area contributed by atoms with E-state index >= 15 is 0 Å². The normalized spacial score (nSPS) is 10.7. The first-order valence-electron chi connectivity index (χ1n) is 8.07. The van der Waals surface area contributed by atoms with Crippen molar-refractivity contribution in [1.82, 2.24) is 15.0 Å². The molecule has 7 heteroatoms. The van der Waals surface area contributed by atoms with Crippen molar-refractivity contribution >= 4 is 5.91 Å². The van der Waals surface area contributed by atoms with Crippen LogP contribution in [-0.2, 0) is 17.9 Å². The average Bonchev–Trinajstić information content (AvgIpc) is 3.32. The van der Waals surface area contributed by atoms with Gasteiger partial charge in [0.15, 0.2) is 5.76 Å². The van der Waals surface area contributed by atoms with Crippen molar-refractivity contribution in [2.45, 2.75) is 13.2 Å². The number of benzene rings is 1. The highest BCUT2D eigenvalue weighted by atomic mass is 16.5. The zero-order valence-corrected chi connectivity index (χ0v) is 14.4. The molecule has 7 nitrogen and oxygen atoms in total. The molecule has 0 bridgehead atoms. The van der Waals surface area contributed by atoms with Gasteiger partial charge >= 0.3 is 0 Å². The fourth-order valence-electron chi connectivity index (χ4n) is 2.43. The summed E-state index contributed by atoms with van der Waals surface area (Å²) in [6, 6.07) is 12.8. The van der Waals surface area contributed by atoms with Gasteiger partial charge in [-0.2, -0.15) is 4.98 Å². The summed E-state index contributed by atoms with van der Waals surface area (Å²) in [6.07, 6.45) is 1.63. The van der Waals surface area contributed by atoms with Crippen LogP contribution in [0.15, 0.2) is 64.1 Å². The van der Waals surface area contributed by atoms with Gasteiger partial charge in [0, 0.05) is 19.2 Å². The number of rotatable bonds is 8. The molecule has 0 aliphatic rings. The summed E-state index contributed by atoms with van der Waals surface area (Å²) in [5, 5.41) is 3.97. The molecule has 0 aliphatic carbocycles. The summed E-state index contributed by atoms with van der Waals surface area (Å²) < 4.78 is 15.8. The second kappa shape index (κ2) is 8.26. The highest BCUT2D eigenvalue weighted by Gasteiger charge is 2.21. The summed E-state index contributed by atoms with van der Waals surface area (Å²) in [6.45, 7) is 4.48. The van der Waals surface area contributed by atoms with E-state index in [0.717, 1.165) is 5.56 Å². The van der Waals surface area contributed by atoms with E-state index in [0.29, 0.717) is 30.6 Å². The van der Waals surface area contributed by atoms with Gasteiger partial charge in [-0.15, -0.1) is 6.58 Å². The van der Waals surface area contributed by atoms with E-state index < -0.39 is 0 Å². The Hall–Kier alpha value is -3.19. The molecule has 26 heavy (non-hydrogen) atoms. The standard InChI is InChI=1S/C19H19N3O4/c1-3-11-22(19(23)16-10-9-15(25-16)13-24-2)12-17-20-18(21-26-17)14-7-5-4-6-8-14/h3-10H,1,11-13H2,2H3. The monoisotopic (exact) mass is 353 g/mol. The van der Waals surface area contributed by atoms with Crippen molar-refractivity contribution < 1.29 is 18.5 Å². The van der Waals surface area contributed by atoms with Gasteiger partial charge in [0.25, 0.3) is 5.91 Å². The van der Waals surface area contributed by atoms with Gasteiger partial charge in [-0.1, -0.05) is 41.6 Å². The number of amides is 1. The zero-order chi connectivity index (χ0) is 18.4. The Kier molecular flexibility index (Phi) is 5.60. The predicted octanol–water partition coefficient (Wildman–Crippen LogP) is 3.30. The number of carbonyl (C=O) groups excluding carboxylic acids is 1. The topological polar surface area (TPSA) is 81.6 Å². The lowest BCUT2D eigenvalue weighted by Crippen LogP contribution is -2.30. The molecule has 1 aromatic carbocycles. The first-order valence-corrected chi connectivity index (χ1v) is 8.07. The van der Waals surface area contributed by atoms with E-state index in [4.69, 9.17) is 13.7 Å². The van der Waals surface area contributed by atoms with Crippen LogP contribution < -0.4 is 0 Å². The summed E-state index contributed by atoms with van der Waals surface area (Å²) in [7, 11) is 1.56. The van der Waals surface area contributed by atoms with Gasteiger partial charge in [-0.25, -0.2) is 0 Å². The zero-order valence-electron chi connectivity index (χ0n) is 14.4. The van der Waals surface area contributed by atoms with Crippen LogP contribution in [-0.4, -0.2) is 34.6 Å². The minimum atomic E-state index is -0.285. The van der Waals surface area contributed by atoms with Crippen molar-refractivity contribution in [3.8, 4) is 11.4 Å². The van der Waals surface area contributed by atoms with Gasteiger partial charge in [-0.05, 0) is 12.1 Å². The number of furan rings is 1. The van der Waals surface area contributed by atoms with E-state index in [2.05, 4.69) is 16.7 Å². The highest BCUT2D eigenvalue weighted by Crippen LogP contribution is 2.17. The minimum absolute atomic E-state index is 0.158. The van der Waals surface area contributed by atoms with Crippen LogP contribution in [0.5, 0.6) is 0 Å². The molecule has 134 valence electrons. The van der Waals surface area contributed by atoms with Crippen LogP contribution in [0.1, 0.15) is 22.2 Å². The quantitative estimate of drug-likeness (QED) is 0.578. The number of hydrogen-bond acceptors (Lipinski definition) is 6. The number of hydrogen-bond donors (Lipinski definition) is 0. The fraction of sp³-hybridized carbons (Fsp3) is 0.211. The number of nitrogens with zero attached hydrogens (tertiary/aromatic N) is 3. The van der Waals surface area contributed by atoms with E-state index in [1.807, 2.05) is 30.3 Å². The van der Waals surface area contributed by atoms with Crippen LogP contribution in [0, 0.1) is 0 Å². The van der Waals surface area contributed by atoms with Crippen molar-refractivity contribution in [3.63, 3.8) is 0 Å². The lowest BCUT2D eigenvalue weighted by molar-refractivity contribution is 0.0706. The van der Waals surface area contributed by atoms with E-state index in [1.165, 1.54) is 4.90 Å². The molecule has 3 aromatic rings. The molecule has 2 aromatic heterocycles. The van der Waals surface area contributed by atoms with Gasteiger partial charge in [0.05, 0.1) is 0 Å². The molecule has 0 radical (unpaired) electrons. The maximum absolute atomic E-state index is 12.7. The molecular formula is C19H19N3O4. The molecule has 0 unspecified atom stereocenters. The summed E-state index contributed by atoms with van der Waals surface area (Å²) in [4.78, 5) is 18.6. The molecule has 3 rings (SSSR count). The Balaban J connectivity index is 1.75. The van der Waals surface area contributed by atoms with Crippen LogP contribution in [0.25, 0.3) is 11.4 Å². The Labute approximate surface area is 150 Å². The summed E-state index contributed by atoms with van der Waals surface area (Å²) in [5.41, 5.74) is 0.847. The summed E-state index contributed by atoms with van der Waals surface area (Å²) in [5.74, 6) is 1.33. The third-order valence-corrected chi connectivity index (χ3v) is 3.62. The second-order valence-electron chi connectivity index (χ2n) is 5.55. The molecule has 0 saturated heterocycles.